The molecule has 0 saturated heterocycles. The molecule has 0 aliphatic rings. The van der Waals surface area contributed by atoms with Crippen molar-refractivity contribution in [3.63, 3.8) is 0 Å². The molecule has 1 rings (SSSR count). The van der Waals surface area contributed by atoms with E-state index in [9.17, 15) is 0 Å². The minimum atomic E-state index is 0.144. The van der Waals surface area contributed by atoms with E-state index >= 15 is 0 Å². The Morgan fingerprint density at radius 3 is 2.79 bits per heavy atom. The molecule has 0 aliphatic heterocycles. The van der Waals surface area contributed by atoms with Crippen LogP contribution in [0.15, 0.2) is 15.2 Å². The molecule has 1 heterocycles. The first kappa shape index (κ1) is 12.1. The molecule has 2 unspecified atom stereocenters. The first-order chi connectivity index (χ1) is 6.69. The summed E-state index contributed by atoms with van der Waals surface area (Å²) in [6.45, 7) is 2.03. The molecule has 80 valence electrons. The van der Waals surface area contributed by atoms with E-state index in [1.54, 1.807) is 18.4 Å². The number of hydrazine groups is 1. The Kier molecular flexibility index (Phi) is 5.05. The molecule has 0 aromatic carbocycles. The van der Waals surface area contributed by atoms with E-state index in [2.05, 4.69) is 32.1 Å². The minimum Gasteiger partial charge on any atom is -0.382 e. The fourth-order valence-electron chi connectivity index (χ4n) is 1.25. The highest BCUT2D eigenvalue weighted by molar-refractivity contribution is 9.10. The van der Waals surface area contributed by atoms with E-state index in [0.717, 1.165) is 10.9 Å². The summed E-state index contributed by atoms with van der Waals surface area (Å²) in [5, 5.41) is 4.15. The molecule has 5 heteroatoms. The highest BCUT2D eigenvalue weighted by atomic mass is 79.9. The molecule has 0 bridgehead atoms. The highest BCUT2D eigenvalue weighted by Crippen LogP contribution is 2.29. The number of hydrogen-bond acceptors (Lipinski definition) is 4. The summed E-state index contributed by atoms with van der Waals surface area (Å²) in [5.74, 6) is 5.51. The lowest BCUT2D eigenvalue weighted by atomic mass is 10.1. The Hall–Kier alpha value is 0.0600. The first-order valence-electron chi connectivity index (χ1n) is 4.39. The molecule has 0 aliphatic carbocycles. The van der Waals surface area contributed by atoms with E-state index in [-0.39, 0.29) is 12.1 Å². The van der Waals surface area contributed by atoms with Gasteiger partial charge in [-0.25, -0.2) is 0 Å². The van der Waals surface area contributed by atoms with E-state index in [4.69, 9.17) is 10.6 Å². The normalized spacial score (nSPS) is 15.4. The van der Waals surface area contributed by atoms with Crippen LogP contribution >= 0.6 is 27.3 Å². The molecule has 1 aromatic heterocycles. The zero-order valence-corrected chi connectivity index (χ0v) is 10.7. The molecule has 0 radical (unpaired) electrons. The molecule has 3 nitrogen and oxygen atoms in total. The molecule has 3 N–H and O–H groups in total. The van der Waals surface area contributed by atoms with Crippen molar-refractivity contribution >= 4 is 27.3 Å². The summed E-state index contributed by atoms with van der Waals surface area (Å²) in [6, 6.07) is 0.144. The van der Waals surface area contributed by atoms with Gasteiger partial charge in [0.1, 0.15) is 0 Å². The lowest BCUT2D eigenvalue weighted by Crippen LogP contribution is -2.30. The van der Waals surface area contributed by atoms with Crippen LogP contribution in [-0.2, 0) is 4.74 Å². The Bertz CT molecular complexity index is 280. The van der Waals surface area contributed by atoms with Gasteiger partial charge in [0.2, 0.25) is 0 Å². The van der Waals surface area contributed by atoms with E-state index in [0.29, 0.717) is 0 Å². The molecule has 1 aromatic rings. The molecule has 0 saturated carbocycles. The predicted octanol–water partition coefficient (Wildman–Crippen LogP) is 2.44. The van der Waals surface area contributed by atoms with Crippen LogP contribution in [0.4, 0.5) is 0 Å². The summed E-state index contributed by atoms with van der Waals surface area (Å²) in [4.78, 5) is 0. The summed E-state index contributed by atoms with van der Waals surface area (Å²) in [5.41, 5.74) is 4.00. The van der Waals surface area contributed by atoms with Gasteiger partial charge in [-0.05, 0) is 40.2 Å². The fourth-order valence-corrected chi connectivity index (χ4v) is 2.88. The smallest absolute Gasteiger partial charge is 0.0561 e. The van der Waals surface area contributed by atoms with Crippen molar-refractivity contribution in [3.8, 4) is 0 Å². The summed E-state index contributed by atoms with van der Waals surface area (Å²) in [6.07, 6.45) is 1.06. The van der Waals surface area contributed by atoms with Gasteiger partial charge in [-0.1, -0.05) is 0 Å². The van der Waals surface area contributed by atoms with Crippen LogP contribution in [0.5, 0.6) is 0 Å². The minimum absolute atomic E-state index is 0.144. The maximum absolute atomic E-state index is 5.51. The summed E-state index contributed by atoms with van der Waals surface area (Å²) in [7, 11) is 1.71. The Morgan fingerprint density at radius 2 is 2.36 bits per heavy atom. The Morgan fingerprint density at radius 1 is 1.64 bits per heavy atom. The second kappa shape index (κ2) is 5.82. The van der Waals surface area contributed by atoms with E-state index < -0.39 is 0 Å². The zero-order chi connectivity index (χ0) is 10.6. The van der Waals surface area contributed by atoms with Crippen LogP contribution in [0.2, 0.25) is 0 Å². The number of ether oxygens (including phenoxy) is 1. The molecular weight excluding hydrogens is 264 g/mol. The van der Waals surface area contributed by atoms with Crippen molar-refractivity contribution in [2.45, 2.75) is 25.5 Å². The van der Waals surface area contributed by atoms with Crippen LogP contribution in [0.1, 0.15) is 24.9 Å². The van der Waals surface area contributed by atoms with Gasteiger partial charge in [-0.15, -0.1) is 0 Å². The number of methoxy groups -OCH3 is 1. The van der Waals surface area contributed by atoms with Crippen molar-refractivity contribution in [2.24, 2.45) is 5.84 Å². The average Bonchev–Trinajstić information content (AvgIpc) is 2.60. The highest BCUT2D eigenvalue weighted by Gasteiger charge is 2.16. The van der Waals surface area contributed by atoms with Gasteiger partial charge in [0.15, 0.2) is 0 Å². The van der Waals surface area contributed by atoms with Crippen LogP contribution in [0.25, 0.3) is 0 Å². The third-order valence-electron chi connectivity index (χ3n) is 2.19. The summed E-state index contributed by atoms with van der Waals surface area (Å²) >= 11 is 5.15. The monoisotopic (exact) mass is 278 g/mol. The molecular formula is C9H15BrN2OS. The quantitative estimate of drug-likeness (QED) is 0.643. The third kappa shape index (κ3) is 3.03. The topological polar surface area (TPSA) is 47.3 Å². The lowest BCUT2D eigenvalue weighted by molar-refractivity contribution is 0.100. The maximum atomic E-state index is 5.51. The number of halogens is 1. The molecule has 14 heavy (non-hydrogen) atoms. The lowest BCUT2D eigenvalue weighted by Gasteiger charge is -2.19. The first-order valence-corrected chi connectivity index (χ1v) is 6.13. The van der Waals surface area contributed by atoms with Gasteiger partial charge in [0.05, 0.1) is 12.1 Å². The van der Waals surface area contributed by atoms with Gasteiger partial charge < -0.3 is 4.74 Å². The van der Waals surface area contributed by atoms with Crippen molar-refractivity contribution < 1.29 is 4.74 Å². The fraction of sp³-hybridized carbons (Fsp3) is 0.556. The predicted molar refractivity (Wildman–Crippen MR) is 63.2 cm³/mol. The summed E-state index contributed by atoms with van der Waals surface area (Å²) < 4.78 is 6.32. The molecule has 2 atom stereocenters. The van der Waals surface area contributed by atoms with Crippen molar-refractivity contribution in [2.75, 3.05) is 7.11 Å². The number of nitrogens with two attached hydrogens (primary N) is 1. The zero-order valence-electron chi connectivity index (χ0n) is 8.29. The second-order valence-electron chi connectivity index (χ2n) is 3.18. The van der Waals surface area contributed by atoms with Crippen LogP contribution in [0.3, 0.4) is 0 Å². The van der Waals surface area contributed by atoms with Crippen molar-refractivity contribution in [1.82, 2.24) is 5.43 Å². The van der Waals surface area contributed by atoms with Gasteiger partial charge in [0, 0.05) is 17.0 Å². The number of nitrogens with one attached hydrogen (secondary N) is 1. The van der Waals surface area contributed by atoms with Crippen LogP contribution in [0, 0.1) is 0 Å². The number of hydrogen-bond donors (Lipinski definition) is 2. The Labute approximate surface area is 96.7 Å². The second-order valence-corrected chi connectivity index (χ2v) is 4.77. The van der Waals surface area contributed by atoms with Gasteiger partial charge >= 0.3 is 0 Å². The number of thiophene rings is 1. The standard InChI is InChI=1S/C9H15BrN2OS/c1-6(13-2)3-9(12-11)7-4-14-5-8(7)10/h4-6,9,12H,3,11H2,1-2H3. The van der Waals surface area contributed by atoms with E-state index in [1.807, 2.05) is 6.92 Å². The van der Waals surface area contributed by atoms with Gasteiger partial charge in [-0.3, -0.25) is 11.3 Å². The molecule has 0 amide bonds. The third-order valence-corrected chi connectivity index (χ3v) is 3.94. The van der Waals surface area contributed by atoms with Crippen LogP contribution in [-0.4, -0.2) is 13.2 Å². The molecule has 0 fully saturated rings. The van der Waals surface area contributed by atoms with Crippen LogP contribution < -0.4 is 11.3 Å². The maximum Gasteiger partial charge on any atom is 0.0561 e. The largest absolute Gasteiger partial charge is 0.382 e. The van der Waals surface area contributed by atoms with Crippen molar-refractivity contribution in [3.05, 3.63) is 20.8 Å². The molecule has 0 spiro atoms. The van der Waals surface area contributed by atoms with Gasteiger partial charge in [0.25, 0.3) is 0 Å². The number of rotatable bonds is 5. The van der Waals surface area contributed by atoms with Gasteiger partial charge in [-0.2, -0.15) is 11.3 Å². The SMILES string of the molecule is COC(C)CC(NN)c1cscc1Br. The van der Waals surface area contributed by atoms with Crippen molar-refractivity contribution in [1.29, 1.82) is 0 Å². The average molecular weight is 279 g/mol. The Balaban J connectivity index is 2.67. The van der Waals surface area contributed by atoms with E-state index in [1.165, 1.54) is 5.56 Å².